The van der Waals surface area contributed by atoms with Gasteiger partial charge < -0.3 is 0 Å². The molecule has 104 valence electrons. The summed E-state index contributed by atoms with van der Waals surface area (Å²) in [6, 6.07) is 9.96. The molecule has 2 aliphatic carbocycles. The Morgan fingerprint density at radius 3 is 2.64 bits per heavy atom. The fourth-order valence-electron chi connectivity index (χ4n) is 3.63. The van der Waals surface area contributed by atoms with E-state index in [-0.39, 0.29) is 17.6 Å². The van der Waals surface area contributed by atoms with Crippen molar-refractivity contribution in [3.63, 3.8) is 0 Å². The molecule has 0 saturated heterocycles. The van der Waals surface area contributed by atoms with Crippen molar-refractivity contribution in [1.29, 1.82) is 0 Å². The first kappa shape index (κ1) is 11.8. The second-order valence-electron chi connectivity index (χ2n) is 5.78. The van der Waals surface area contributed by atoms with E-state index in [9.17, 15) is 4.79 Å². The molecule has 3 aromatic rings. The molecule has 0 fully saturated rings. The Kier molecular flexibility index (Phi) is 2.20. The molecule has 0 spiro atoms. The SMILES string of the molecule is O=C1c2nc3ccccc3c3ccnc(c23)C2C=CC=CC12. The van der Waals surface area contributed by atoms with Crippen LogP contribution in [-0.4, -0.2) is 15.8 Å². The normalized spacial score (nSPS) is 22.3. The number of hydrogen-bond donors (Lipinski definition) is 0. The number of carbonyl (C=O) groups excluding carboxylic acids is 1. The van der Waals surface area contributed by atoms with E-state index in [1.807, 2.05) is 48.7 Å². The number of carbonyl (C=O) groups is 1. The van der Waals surface area contributed by atoms with Gasteiger partial charge in [-0.2, -0.15) is 0 Å². The van der Waals surface area contributed by atoms with Gasteiger partial charge in [0.2, 0.25) is 0 Å². The quantitative estimate of drug-likeness (QED) is 0.590. The second kappa shape index (κ2) is 4.10. The van der Waals surface area contributed by atoms with Crippen LogP contribution in [0.5, 0.6) is 0 Å². The third-order valence-corrected chi connectivity index (χ3v) is 4.63. The van der Waals surface area contributed by atoms with Crippen molar-refractivity contribution < 1.29 is 4.79 Å². The smallest absolute Gasteiger partial charge is 0.189 e. The Balaban J connectivity index is 2.00. The van der Waals surface area contributed by atoms with Crippen LogP contribution in [0.1, 0.15) is 22.1 Å². The van der Waals surface area contributed by atoms with Gasteiger partial charge in [0.05, 0.1) is 17.1 Å². The molecule has 2 unspecified atom stereocenters. The highest BCUT2D eigenvalue weighted by atomic mass is 16.1. The molecule has 2 aromatic heterocycles. The van der Waals surface area contributed by atoms with Gasteiger partial charge in [0.15, 0.2) is 5.78 Å². The fourth-order valence-corrected chi connectivity index (χ4v) is 3.63. The molecular formula is C19H12N2O. The summed E-state index contributed by atoms with van der Waals surface area (Å²) < 4.78 is 0. The zero-order chi connectivity index (χ0) is 14.7. The number of ketones is 1. The third kappa shape index (κ3) is 1.38. The van der Waals surface area contributed by atoms with Crippen LogP contribution in [0.3, 0.4) is 0 Å². The maximum Gasteiger partial charge on any atom is 0.189 e. The molecule has 2 heterocycles. The topological polar surface area (TPSA) is 42.9 Å². The number of para-hydroxylation sites is 1. The van der Waals surface area contributed by atoms with Crippen LogP contribution in [-0.2, 0) is 0 Å². The Bertz CT molecular complexity index is 1020. The molecular weight excluding hydrogens is 272 g/mol. The van der Waals surface area contributed by atoms with Crippen LogP contribution in [0.4, 0.5) is 0 Å². The highest BCUT2D eigenvalue weighted by Gasteiger charge is 2.37. The van der Waals surface area contributed by atoms with Crippen molar-refractivity contribution in [2.24, 2.45) is 5.92 Å². The largest absolute Gasteiger partial charge is 0.292 e. The monoisotopic (exact) mass is 284 g/mol. The molecule has 0 N–H and O–H groups in total. The van der Waals surface area contributed by atoms with Gasteiger partial charge >= 0.3 is 0 Å². The lowest BCUT2D eigenvalue weighted by Gasteiger charge is -2.29. The van der Waals surface area contributed by atoms with Gasteiger partial charge in [-0.25, -0.2) is 4.98 Å². The summed E-state index contributed by atoms with van der Waals surface area (Å²) in [6.45, 7) is 0. The highest BCUT2D eigenvalue weighted by Crippen LogP contribution is 2.42. The minimum Gasteiger partial charge on any atom is -0.292 e. The van der Waals surface area contributed by atoms with Crippen LogP contribution in [0.15, 0.2) is 60.8 Å². The molecule has 0 aliphatic heterocycles. The van der Waals surface area contributed by atoms with Crippen LogP contribution in [0.2, 0.25) is 0 Å². The van der Waals surface area contributed by atoms with Crippen molar-refractivity contribution in [1.82, 2.24) is 9.97 Å². The summed E-state index contributed by atoms with van der Waals surface area (Å²) >= 11 is 0. The van der Waals surface area contributed by atoms with Gasteiger partial charge in [0.1, 0.15) is 5.69 Å². The molecule has 2 aliphatic rings. The first-order chi connectivity index (χ1) is 10.8. The fraction of sp³-hybridized carbons (Fsp3) is 0.105. The van der Waals surface area contributed by atoms with Gasteiger partial charge in [-0.05, 0) is 17.5 Å². The van der Waals surface area contributed by atoms with Crippen LogP contribution in [0, 0.1) is 5.92 Å². The minimum atomic E-state index is -0.177. The van der Waals surface area contributed by atoms with E-state index in [1.165, 1.54) is 0 Å². The average Bonchev–Trinajstić information content (AvgIpc) is 2.59. The Hall–Kier alpha value is -2.81. The number of aromatic nitrogens is 2. The molecule has 5 rings (SSSR count). The number of Topliss-reactive ketones (excluding diaryl/α,β-unsaturated/α-hetero) is 1. The summed E-state index contributed by atoms with van der Waals surface area (Å²) in [5.74, 6) is -0.0530. The lowest BCUT2D eigenvalue weighted by atomic mass is 9.75. The van der Waals surface area contributed by atoms with E-state index in [4.69, 9.17) is 0 Å². The number of hydrogen-bond acceptors (Lipinski definition) is 3. The van der Waals surface area contributed by atoms with Crippen molar-refractivity contribution in [2.75, 3.05) is 0 Å². The van der Waals surface area contributed by atoms with E-state index in [2.05, 4.69) is 22.1 Å². The molecule has 2 atom stereocenters. The predicted octanol–water partition coefficient (Wildman–Crippen LogP) is 3.81. The summed E-state index contributed by atoms with van der Waals surface area (Å²) in [4.78, 5) is 22.1. The molecule has 1 aromatic carbocycles. The van der Waals surface area contributed by atoms with Gasteiger partial charge in [-0.15, -0.1) is 0 Å². The maximum atomic E-state index is 12.9. The number of nitrogens with zero attached hydrogens (tertiary/aromatic N) is 2. The maximum absolute atomic E-state index is 12.9. The van der Waals surface area contributed by atoms with Gasteiger partial charge in [-0.1, -0.05) is 42.5 Å². The number of benzene rings is 1. The summed E-state index contributed by atoms with van der Waals surface area (Å²) in [7, 11) is 0. The van der Waals surface area contributed by atoms with Gasteiger partial charge in [0, 0.05) is 22.9 Å². The van der Waals surface area contributed by atoms with E-state index in [0.29, 0.717) is 5.69 Å². The zero-order valence-corrected chi connectivity index (χ0v) is 11.7. The van der Waals surface area contributed by atoms with Gasteiger partial charge in [0.25, 0.3) is 0 Å². The van der Waals surface area contributed by atoms with Crippen molar-refractivity contribution >= 4 is 27.5 Å². The molecule has 3 heteroatoms. The van der Waals surface area contributed by atoms with Crippen LogP contribution in [0.25, 0.3) is 21.7 Å². The van der Waals surface area contributed by atoms with Crippen LogP contribution < -0.4 is 0 Å². The second-order valence-corrected chi connectivity index (χ2v) is 5.78. The number of pyridine rings is 2. The Morgan fingerprint density at radius 1 is 0.909 bits per heavy atom. The minimum absolute atomic E-state index is 0.0247. The van der Waals surface area contributed by atoms with Crippen molar-refractivity contribution in [3.8, 4) is 0 Å². The van der Waals surface area contributed by atoms with Gasteiger partial charge in [-0.3, -0.25) is 9.78 Å². The highest BCUT2D eigenvalue weighted by molar-refractivity contribution is 6.18. The zero-order valence-electron chi connectivity index (χ0n) is 11.7. The molecule has 0 amide bonds. The first-order valence-corrected chi connectivity index (χ1v) is 7.41. The summed E-state index contributed by atoms with van der Waals surface area (Å²) in [5, 5.41) is 3.07. The van der Waals surface area contributed by atoms with Crippen LogP contribution >= 0.6 is 0 Å². The third-order valence-electron chi connectivity index (χ3n) is 4.63. The number of fused-ring (bicyclic) bond motifs is 4. The van der Waals surface area contributed by atoms with E-state index < -0.39 is 0 Å². The molecule has 22 heavy (non-hydrogen) atoms. The number of allylic oxidation sites excluding steroid dienone is 4. The lowest BCUT2D eigenvalue weighted by Crippen LogP contribution is -2.27. The summed E-state index contributed by atoms with van der Waals surface area (Å²) in [5.41, 5.74) is 2.40. The molecule has 3 nitrogen and oxygen atoms in total. The number of rotatable bonds is 0. The predicted molar refractivity (Wildman–Crippen MR) is 85.9 cm³/mol. The standard InChI is InChI=1S/C19H12N2O/c22-19-14-7-2-1-6-13(14)17-16-12(9-10-20-17)11-5-3-4-8-15(11)21-18(16)19/h1-10,13-14H. The molecule has 0 radical (unpaired) electrons. The van der Waals surface area contributed by atoms with E-state index in [1.54, 1.807) is 0 Å². The molecule has 0 bridgehead atoms. The summed E-state index contributed by atoms with van der Waals surface area (Å²) in [6.07, 6.45) is 9.81. The first-order valence-electron chi connectivity index (χ1n) is 7.41. The van der Waals surface area contributed by atoms with Crippen molar-refractivity contribution in [2.45, 2.75) is 5.92 Å². The molecule has 0 saturated carbocycles. The van der Waals surface area contributed by atoms with E-state index in [0.717, 1.165) is 27.4 Å². The lowest BCUT2D eigenvalue weighted by molar-refractivity contribution is 0.0929. The van der Waals surface area contributed by atoms with E-state index >= 15 is 0 Å². The Labute approximate surface area is 127 Å². The Morgan fingerprint density at radius 2 is 1.73 bits per heavy atom. The van der Waals surface area contributed by atoms with Crippen molar-refractivity contribution in [3.05, 3.63) is 72.2 Å². The average molecular weight is 284 g/mol.